The molecule has 160 valence electrons. The predicted octanol–water partition coefficient (Wildman–Crippen LogP) is 4.65. The number of benzene rings is 1. The Morgan fingerprint density at radius 1 is 1.00 bits per heavy atom. The fourth-order valence-electron chi connectivity index (χ4n) is 3.69. The Labute approximate surface area is 169 Å². The van der Waals surface area contributed by atoms with Crippen LogP contribution in [0, 0.1) is 0 Å². The maximum atomic E-state index is 14.6. The molecule has 0 spiro atoms. The van der Waals surface area contributed by atoms with Gasteiger partial charge in [-0.25, -0.2) is 4.98 Å². The van der Waals surface area contributed by atoms with Gasteiger partial charge in [-0.2, -0.15) is 27.1 Å². The summed E-state index contributed by atoms with van der Waals surface area (Å²) in [4.78, 5) is 5.97. The Bertz CT molecular complexity index is 991. The fraction of sp³-hybridized carbons (Fsp3) is 0.400. The topological polar surface area (TPSA) is 56.8 Å². The molecule has 1 saturated heterocycles. The molecule has 2 N–H and O–H groups in total. The molecule has 0 amide bonds. The zero-order valence-corrected chi connectivity index (χ0v) is 15.9. The van der Waals surface area contributed by atoms with Crippen molar-refractivity contribution in [3.63, 3.8) is 0 Å². The quantitative estimate of drug-likeness (QED) is 0.585. The van der Waals surface area contributed by atoms with Crippen LogP contribution in [0.2, 0.25) is 0 Å². The highest BCUT2D eigenvalue weighted by Gasteiger charge is 2.37. The summed E-state index contributed by atoms with van der Waals surface area (Å²) in [6.45, 7) is 0.380. The van der Waals surface area contributed by atoms with Gasteiger partial charge in [0.05, 0.1) is 29.2 Å². The van der Waals surface area contributed by atoms with Crippen molar-refractivity contribution >= 4 is 16.7 Å². The second-order valence-electron chi connectivity index (χ2n) is 7.47. The SMILES string of the molecule is FC(F)(F)c1ccc(C(F)(F)CN2CCC(Nc3nccc4[nH]ncc34)CC2)cc1. The molecule has 10 heteroatoms. The van der Waals surface area contributed by atoms with Crippen molar-refractivity contribution in [3.05, 3.63) is 53.9 Å². The lowest BCUT2D eigenvalue weighted by molar-refractivity contribution is -0.137. The summed E-state index contributed by atoms with van der Waals surface area (Å²) < 4.78 is 67.1. The van der Waals surface area contributed by atoms with E-state index < -0.39 is 29.8 Å². The summed E-state index contributed by atoms with van der Waals surface area (Å²) in [5.74, 6) is -2.52. The number of pyridine rings is 1. The van der Waals surface area contributed by atoms with E-state index in [-0.39, 0.29) is 6.04 Å². The van der Waals surface area contributed by atoms with Crippen LogP contribution in [0.4, 0.5) is 27.8 Å². The number of halogens is 5. The van der Waals surface area contributed by atoms with Crippen molar-refractivity contribution in [2.75, 3.05) is 25.0 Å². The molecule has 4 rings (SSSR count). The molecule has 0 unspecified atom stereocenters. The van der Waals surface area contributed by atoms with Crippen molar-refractivity contribution in [2.24, 2.45) is 0 Å². The van der Waals surface area contributed by atoms with E-state index in [4.69, 9.17) is 0 Å². The smallest absolute Gasteiger partial charge is 0.367 e. The van der Waals surface area contributed by atoms with Crippen molar-refractivity contribution in [1.82, 2.24) is 20.1 Å². The van der Waals surface area contributed by atoms with Gasteiger partial charge in [-0.1, -0.05) is 12.1 Å². The summed E-state index contributed by atoms with van der Waals surface area (Å²) in [5.41, 5.74) is -0.483. The zero-order valence-electron chi connectivity index (χ0n) is 15.9. The molecule has 0 saturated carbocycles. The van der Waals surface area contributed by atoms with Crippen molar-refractivity contribution < 1.29 is 22.0 Å². The predicted molar refractivity (Wildman–Crippen MR) is 102 cm³/mol. The van der Waals surface area contributed by atoms with Gasteiger partial charge >= 0.3 is 6.18 Å². The molecule has 3 aromatic rings. The monoisotopic (exact) mass is 425 g/mol. The number of nitrogens with one attached hydrogen (secondary N) is 2. The molecule has 0 aliphatic carbocycles. The van der Waals surface area contributed by atoms with E-state index in [9.17, 15) is 22.0 Å². The third-order valence-electron chi connectivity index (χ3n) is 5.35. The number of alkyl halides is 5. The Balaban J connectivity index is 1.34. The Kier molecular flexibility index (Phi) is 5.35. The summed E-state index contributed by atoms with van der Waals surface area (Å²) in [6.07, 6.45) is 0.114. The number of piperidine rings is 1. The standard InChI is InChI=1S/C20H20F5N5/c21-19(22,13-1-3-14(4-2-13)20(23,24)25)12-30-9-6-15(7-10-30)28-18-16-11-27-29-17(16)5-8-26-18/h1-5,8,11,15H,6-7,9-10,12H2,(H,26,28)(H,27,29). The number of hydrogen-bond acceptors (Lipinski definition) is 4. The molecular formula is C20H20F5N5. The van der Waals surface area contributed by atoms with Crippen LogP contribution < -0.4 is 5.32 Å². The van der Waals surface area contributed by atoms with E-state index in [0.29, 0.717) is 43.9 Å². The molecule has 2 aromatic heterocycles. The maximum Gasteiger partial charge on any atom is 0.416 e. The Morgan fingerprint density at radius 2 is 1.67 bits per heavy atom. The number of fused-ring (bicyclic) bond motifs is 1. The van der Waals surface area contributed by atoms with Gasteiger partial charge in [-0.15, -0.1) is 0 Å². The third-order valence-corrected chi connectivity index (χ3v) is 5.35. The second kappa shape index (κ2) is 7.82. The summed E-state index contributed by atoms with van der Waals surface area (Å²) in [7, 11) is 0. The lowest BCUT2D eigenvalue weighted by Gasteiger charge is -2.34. The Hall–Kier alpha value is -2.75. The van der Waals surface area contributed by atoms with E-state index >= 15 is 0 Å². The average Bonchev–Trinajstić information content (AvgIpc) is 3.19. The number of likely N-dealkylation sites (tertiary alicyclic amines) is 1. The molecule has 1 aliphatic heterocycles. The minimum Gasteiger partial charge on any atom is -0.367 e. The number of aromatic amines is 1. The highest BCUT2D eigenvalue weighted by Crippen LogP contribution is 2.34. The van der Waals surface area contributed by atoms with Crippen LogP contribution in [0.3, 0.4) is 0 Å². The second-order valence-corrected chi connectivity index (χ2v) is 7.47. The van der Waals surface area contributed by atoms with Crippen molar-refractivity contribution in [1.29, 1.82) is 0 Å². The molecule has 1 aliphatic rings. The first-order chi connectivity index (χ1) is 14.2. The third kappa shape index (κ3) is 4.38. The number of nitrogens with zero attached hydrogens (tertiary/aromatic N) is 3. The number of aromatic nitrogens is 3. The van der Waals surface area contributed by atoms with Crippen LogP contribution in [0.1, 0.15) is 24.0 Å². The van der Waals surface area contributed by atoms with E-state index in [1.807, 2.05) is 6.07 Å². The van der Waals surface area contributed by atoms with E-state index in [1.54, 1.807) is 17.3 Å². The molecule has 5 nitrogen and oxygen atoms in total. The lowest BCUT2D eigenvalue weighted by Crippen LogP contribution is -2.43. The minimum atomic E-state index is -4.54. The molecular weight excluding hydrogens is 405 g/mol. The van der Waals surface area contributed by atoms with Gasteiger partial charge in [0.2, 0.25) is 0 Å². The first-order valence-corrected chi connectivity index (χ1v) is 9.55. The van der Waals surface area contributed by atoms with Crippen LogP contribution in [-0.2, 0) is 12.1 Å². The molecule has 0 radical (unpaired) electrons. The summed E-state index contributed by atoms with van der Waals surface area (Å²) >= 11 is 0. The van der Waals surface area contributed by atoms with Gasteiger partial charge in [0.25, 0.3) is 5.92 Å². The van der Waals surface area contributed by atoms with Gasteiger partial charge in [-0.3, -0.25) is 10.00 Å². The van der Waals surface area contributed by atoms with Crippen LogP contribution in [0.25, 0.3) is 10.9 Å². The van der Waals surface area contributed by atoms with E-state index in [1.165, 1.54) is 0 Å². The Morgan fingerprint density at radius 3 is 2.33 bits per heavy atom. The van der Waals surface area contributed by atoms with Gasteiger partial charge in [-0.05, 0) is 31.0 Å². The number of H-pyrrole nitrogens is 1. The maximum absolute atomic E-state index is 14.6. The van der Waals surface area contributed by atoms with Gasteiger partial charge in [0.15, 0.2) is 0 Å². The number of hydrogen-bond donors (Lipinski definition) is 2. The number of rotatable bonds is 5. The van der Waals surface area contributed by atoms with Crippen LogP contribution in [0.15, 0.2) is 42.7 Å². The molecule has 0 atom stereocenters. The molecule has 3 heterocycles. The largest absolute Gasteiger partial charge is 0.416 e. The molecule has 30 heavy (non-hydrogen) atoms. The fourth-order valence-corrected chi connectivity index (χ4v) is 3.69. The highest BCUT2D eigenvalue weighted by atomic mass is 19.4. The first-order valence-electron chi connectivity index (χ1n) is 9.55. The summed E-state index contributed by atoms with van der Waals surface area (Å²) in [6, 6.07) is 5.02. The lowest BCUT2D eigenvalue weighted by atomic mass is 10.0. The molecule has 1 fully saturated rings. The van der Waals surface area contributed by atoms with Gasteiger partial charge in [0.1, 0.15) is 5.82 Å². The number of anilines is 1. The summed E-state index contributed by atoms with van der Waals surface area (Å²) in [5, 5.41) is 11.1. The van der Waals surface area contributed by atoms with Crippen LogP contribution >= 0.6 is 0 Å². The zero-order chi connectivity index (χ0) is 21.4. The minimum absolute atomic E-state index is 0.0916. The van der Waals surface area contributed by atoms with Gasteiger partial charge < -0.3 is 5.32 Å². The van der Waals surface area contributed by atoms with Gasteiger partial charge in [0, 0.05) is 30.9 Å². The van der Waals surface area contributed by atoms with E-state index in [0.717, 1.165) is 23.0 Å². The van der Waals surface area contributed by atoms with Crippen molar-refractivity contribution in [3.8, 4) is 0 Å². The first kappa shape index (κ1) is 20.5. The normalized spacial score (nSPS) is 16.8. The van der Waals surface area contributed by atoms with Crippen molar-refractivity contribution in [2.45, 2.75) is 31.0 Å². The average molecular weight is 425 g/mol. The van der Waals surface area contributed by atoms with E-state index in [2.05, 4.69) is 20.5 Å². The molecule has 1 aromatic carbocycles. The van der Waals surface area contributed by atoms with Crippen LogP contribution in [-0.4, -0.2) is 45.8 Å². The van der Waals surface area contributed by atoms with Crippen LogP contribution in [0.5, 0.6) is 0 Å². The highest BCUT2D eigenvalue weighted by molar-refractivity contribution is 5.88. The molecule has 0 bridgehead atoms.